The van der Waals surface area contributed by atoms with Crippen LogP contribution in [0, 0.1) is 17.0 Å². The van der Waals surface area contributed by atoms with Crippen LogP contribution in [0.15, 0.2) is 65.6 Å². The largest absolute Gasteiger partial charge is 0.497 e. The summed E-state index contributed by atoms with van der Waals surface area (Å²) in [6.07, 6.45) is 0.658. The highest BCUT2D eigenvalue weighted by atomic mass is 35.5. The molecule has 0 aliphatic rings. The van der Waals surface area contributed by atoms with Crippen LogP contribution >= 0.6 is 23.2 Å². The van der Waals surface area contributed by atoms with E-state index in [1.807, 2.05) is 13.8 Å². The van der Waals surface area contributed by atoms with Crippen LogP contribution in [0.25, 0.3) is 0 Å². The Hall–Kier alpha value is -3.87. The molecule has 0 saturated heterocycles. The molecular formula is C30H34Cl2N4O7S. The van der Waals surface area contributed by atoms with Crippen LogP contribution in [-0.2, 0) is 26.2 Å². The predicted molar refractivity (Wildman–Crippen MR) is 170 cm³/mol. The van der Waals surface area contributed by atoms with E-state index in [4.69, 9.17) is 27.9 Å². The van der Waals surface area contributed by atoms with Crippen LogP contribution in [0.4, 0.5) is 11.4 Å². The number of benzene rings is 3. The second kappa shape index (κ2) is 14.7. The first-order valence-electron chi connectivity index (χ1n) is 13.6. The van der Waals surface area contributed by atoms with Gasteiger partial charge in [0.25, 0.3) is 15.7 Å². The van der Waals surface area contributed by atoms with Gasteiger partial charge in [0.05, 0.1) is 32.7 Å². The van der Waals surface area contributed by atoms with Gasteiger partial charge >= 0.3 is 0 Å². The van der Waals surface area contributed by atoms with Gasteiger partial charge in [0.2, 0.25) is 11.8 Å². The molecule has 11 nitrogen and oxygen atoms in total. The van der Waals surface area contributed by atoms with Crippen molar-refractivity contribution in [1.82, 2.24) is 10.2 Å². The minimum atomic E-state index is -4.53. The van der Waals surface area contributed by atoms with E-state index in [0.29, 0.717) is 22.8 Å². The molecule has 0 aromatic heterocycles. The Balaban J connectivity index is 2.10. The van der Waals surface area contributed by atoms with Gasteiger partial charge in [0.15, 0.2) is 0 Å². The lowest BCUT2D eigenvalue weighted by Crippen LogP contribution is -2.52. The van der Waals surface area contributed by atoms with Gasteiger partial charge in [-0.2, -0.15) is 0 Å². The number of carbonyl (C=O) groups is 2. The van der Waals surface area contributed by atoms with E-state index in [0.717, 1.165) is 10.4 Å². The fraction of sp³-hybridized carbons (Fsp3) is 0.333. The fourth-order valence-electron chi connectivity index (χ4n) is 4.23. The van der Waals surface area contributed by atoms with E-state index in [9.17, 15) is 28.1 Å². The van der Waals surface area contributed by atoms with Crippen molar-refractivity contribution in [3.05, 3.63) is 92.0 Å². The number of nitrogens with one attached hydrogen (secondary N) is 1. The van der Waals surface area contributed by atoms with Crippen LogP contribution in [0.5, 0.6) is 5.75 Å². The van der Waals surface area contributed by atoms with Gasteiger partial charge in [-0.15, -0.1) is 0 Å². The number of sulfonamides is 1. The summed E-state index contributed by atoms with van der Waals surface area (Å²) in [7, 11) is -3.08. The monoisotopic (exact) mass is 664 g/mol. The molecule has 236 valence electrons. The maximum Gasteiger partial charge on any atom is 0.273 e. The zero-order chi connectivity index (χ0) is 32.8. The highest BCUT2D eigenvalue weighted by molar-refractivity contribution is 7.92. The van der Waals surface area contributed by atoms with Crippen molar-refractivity contribution < 1.29 is 27.7 Å². The molecule has 3 aromatic carbocycles. The second-order valence-corrected chi connectivity index (χ2v) is 12.9. The zero-order valence-corrected chi connectivity index (χ0v) is 27.2. The van der Waals surface area contributed by atoms with E-state index in [2.05, 4.69) is 5.32 Å². The number of nitro groups is 1. The summed E-state index contributed by atoms with van der Waals surface area (Å²) in [6.45, 7) is 5.96. The molecule has 1 N–H and O–H groups in total. The van der Waals surface area contributed by atoms with Crippen molar-refractivity contribution in [3.63, 3.8) is 0 Å². The highest BCUT2D eigenvalue weighted by Crippen LogP contribution is 2.30. The molecule has 0 bridgehead atoms. The van der Waals surface area contributed by atoms with E-state index >= 15 is 0 Å². The number of halogens is 2. The molecule has 0 unspecified atom stereocenters. The number of methoxy groups -OCH3 is 1. The average molecular weight is 666 g/mol. The number of hydrogen-bond acceptors (Lipinski definition) is 7. The minimum absolute atomic E-state index is 0.0860. The number of aryl methyl sites for hydroxylation is 1. The number of hydrogen-bond donors (Lipinski definition) is 1. The Morgan fingerprint density at radius 1 is 1.02 bits per heavy atom. The van der Waals surface area contributed by atoms with Crippen LogP contribution in [0.2, 0.25) is 10.0 Å². The smallest absolute Gasteiger partial charge is 0.273 e. The van der Waals surface area contributed by atoms with Crippen LogP contribution in [0.3, 0.4) is 0 Å². The van der Waals surface area contributed by atoms with Gasteiger partial charge in [-0.05, 0) is 75.2 Å². The maximum absolute atomic E-state index is 14.1. The number of anilines is 1. The quantitative estimate of drug-likeness (QED) is 0.181. The first-order valence-corrected chi connectivity index (χ1v) is 15.8. The molecule has 3 aromatic rings. The molecule has 0 spiro atoms. The third-order valence-electron chi connectivity index (χ3n) is 7.11. The third-order valence-corrected chi connectivity index (χ3v) is 9.62. The lowest BCUT2D eigenvalue weighted by atomic mass is 10.1. The molecule has 0 radical (unpaired) electrons. The molecule has 2 atom stereocenters. The lowest BCUT2D eigenvalue weighted by molar-refractivity contribution is -0.385. The van der Waals surface area contributed by atoms with Crippen molar-refractivity contribution >= 4 is 56.4 Å². The van der Waals surface area contributed by atoms with Crippen LogP contribution in [0.1, 0.15) is 38.3 Å². The van der Waals surface area contributed by atoms with E-state index in [1.165, 1.54) is 55.3 Å². The molecule has 0 aliphatic carbocycles. The van der Waals surface area contributed by atoms with Gasteiger partial charge in [-0.1, -0.05) is 42.3 Å². The van der Waals surface area contributed by atoms with Crippen molar-refractivity contribution in [2.45, 2.75) is 57.6 Å². The van der Waals surface area contributed by atoms with Crippen molar-refractivity contribution in [1.29, 1.82) is 0 Å². The summed E-state index contributed by atoms with van der Waals surface area (Å²) in [5.41, 5.74) is 0.552. The molecule has 0 fully saturated rings. The van der Waals surface area contributed by atoms with Crippen molar-refractivity contribution in [2.75, 3.05) is 18.0 Å². The second-order valence-electron chi connectivity index (χ2n) is 10.2. The topological polar surface area (TPSA) is 139 Å². The zero-order valence-electron chi connectivity index (χ0n) is 24.9. The predicted octanol–water partition coefficient (Wildman–Crippen LogP) is 5.75. The van der Waals surface area contributed by atoms with Crippen LogP contribution < -0.4 is 14.4 Å². The molecule has 14 heteroatoms. The minimum Gasteiger partial charge on any atom is -0.497 e. The standard InChI is InChI=1S/C30H34Cl2N4O7S/c1-6-20(3)33-30(38)21(4)34(17-22-8-14-26(31)27(32)15-22)29(37)18-35(23-9-11-24(43-5)12-10-23)44(41,42)25-13-7-19(2)28(16-25)36(39)40/h7-16,20-21H,6,17-18H2,1-5H3,(H,33,38)/t20-,21-/m0/s1. The van der Waals surface area contributed by atoms with Gasteiger partial charge in [0.1, 0.15) is 18.3 Å². The van der Waals surface area contributed by atoms with E-state index in [-0.39, 0.29) is 39.4 Å². The number of carbonyl (C=O) groups excluding carboxylic acids is 2. The summed E-state index contributed by atoms with van der Waals surface area (Å²) >= 11 is 12.3. The van der Waals surface area contributed by atoms with E-state index in [1.54, 1.807) is 25.1 Å². The summed E-state index contributed by atoms with van der Waals surface area (Å²) < 4.78 is 34.1. The molecule has 0 aliphatic heterocycles. The first kappa shape index (κ1) is 34.6. The van der Waals surface area contributed by atoms with Crippen molar-refractivity contribution in [2.24, 2.45) is 0 Å². The number of rotatable bonds is 13. The summed E-state index contributed by atoms with van der Waals surface area (Å²) in [5, 5.41) is 15.0. The maximum atomic E-state index is 14.1. The average Bonchev–Trinajstić information content (AvgIpc) is 2.99. The van der Waals surface area contributed by atoms with Gasteiger partial charge in [-0.25, -0.2) is 8.42 Å². The Labute approximate surface area is 266 Å². The summed E-state index contributed by atoms with van der Waals surface area (Å²) in [5.74, 6) is -0.690. The molecule has 0 heterocycles. The first-order chi connectivity index (χ1) is 20.7. The molecule has 44 heavy (non-hydrogen) atoms. The Kier molecular flexibility index (Phi) is 11.6. The summed E-state index contributed by atoms with van der Waals surface area (Å²) in [6, 6.07) is 13.1. The van der Waals surface area contributed by atoms with Gasteiger partial charge in [0, 0.05) is 24.2 Å². The normalized spacial score (nSPS) is 12.6. The molecular weight excluding hydrogens is 631 g/mol. The number of nitrogens with zero attached hydrogens (tertiary/aromatic N) is 3. The number of nitro benzene ring substituents is 1. The number of amides is 2. The van der Waals surface area contributed by atoms with E-state index < -0.39 is 39.3 Å². The summed E-state index contributed by atoms with van der Waals surface area (Å²) in [4.78, 5) is 39.0. The fourth-order valence-corrected chi connectivity index (χ4v) is 5.99. The highest BCUT2D eigenvalue weighted by Gasteiger charge is 2.33. The van der Waals surface area contributed by atoms with Crippen LogP contribution in [-0.4, -0.2) is 55.8 Å². The number of ether oxygens (including phenoxy) is 1. The molecule has 3 rings (SSSR count). The van der Waals surface area contributed by atoms with Gasteiger partial charge < -0.3 is 15.0 Å². The third kappa shape index (κ3) is 8.19. The molecule has 0 saturated carbocycles. The SMILES string of the molecule is CC[C@H](C)NC(=O)[C@H](C)N(Cc1ccc(Cl)c(Cl)c1)C(=O)CN(c1ccc(OC)cc1)S(=O)(=O)c1ccc(C)c([N+](=O)[O-])c1. The Bertz CT molecular complexity index is 1630. The Morgan fingerprint density at radius 2 is 1.68 bits per heavy atom. The Morgan fingerprint density at radius 3 is 2.25 bits per heavy atom. The van der Waals surface area contributed by atoms with Gasteiger partial charge in [-0.3, -0.25) is 24.0 Å². The lowest BCUT2D eigenvalue weighted by Gasteiger charge is -2.32. The van der Waals surface area contributed by atoms with Crippen molar-refractivity contribution in [3.8, 4) is 5.75 Å². The molecule has 2 amide bonds.